The van der Waals surface area contributed by atoms with Gasteiger partial charge in [0.05, 0.1) is 11.9 Å². The second-order valence-electron chi connectivity index (χ2n) is 5.84. The van der Waals surface area contributed by atoms with Crippen LogP contribution in [0.5, 0.6) is 0 Å². The summed E-state index contributed by atoms with van der Waals surface area (Å²) in [5.41, 5.74) is 2.45. The van der Waals surface area contributed by atoms with Gasteiger partial charge in [0.15, 0.2) is 0 Å². The molecule has 5 nitrogen and oxygen atoms in total. The Bertz CT molecular complexity index is 836. The van der Waals surface area contributed by atoms with E-state index >= 15 is 0 Å². The molecule has 0 saturated carbocycles. The predicted octanol–water partition coefficient (Wildman–Crippen LogP) is 2.77. The number of rotatable bonds is 7. The second kappa shape index (κ2) is 8.36. The molecule has 0 unspecified atom stereocenters. The Morgan fingerprint density at radius 1 is 1.16 bits per heavy atom. The van der Waals surface area contributed by atoms with Crippen molar-refractivity contribution < 1.29 is 13.2 Å². The maximum absolute atomic E-state index is 12.2. The summed E-state index contributed by atoms with van der Waals surface area (Å²) in [7, 11) is -3.55. The first-order valence-corrected chi connectivity index (χ1v) is 10.0. The molecule has 1 N–H and O–H groups in total. The van der Waals surface area contributed by atoms with Crippen LogP contribution < -0.4 is 9.62 Å². The van der Waals surface area contributed by atoms with E-state index in [1.807, 2.05) is 25.1 Å². The smallest absolute Gasteiger partial charge is 0.240 e. The Balaban J connectivity index is 1.97. The zero-order chi connectivity index (χ0) is 18.4. The average molecular weight is 381 g/mol. The van der Waals surface area contributed by atoms with Gasteiger partial charge in [-0.25, -0.2) is 8.42 Å². The summed E-state index contributed by atoms with van der Waals surface area (Å²) in [5.74, 6) is -0.346. The Labute approximate surface area is 153 Å². The number of anilines is 1. The van der Waals surface area contributed by atoms with E-state index in [0.717, 1.165) is 21.7 Å². The molecule has 2 aromatic carbocycles. The predicted molar refractivity (Wildman–Crippen MR) is 102 cm³/mol. The van der Waals surface area contributed by atoms with Crippen LogP contribution in [0.25, 0.3) is 0 Å². The van der Waals surface area contributed by atoms with E-state index in [2.05, 4.69) is 5.32 Å². The van der Waals surface area contributed by atoms with Crippen LogP contribution in [-0.4, -0.2) is 33.7 Å². The molecule has 0 aromatic heterocycles. The number of hydrogen-bond acceptors (Lipinski definition) is 3. The molecule has 0 spiro atoms. The van der Waals surface area contributed by atoms with Crippen LogP contribution in [0.2, 0.25) is 5.02 Å². The zero-order valence-corrected chi connectivity index (χ0v) is 15.8. The lowest BCUT2D eigenvalue weighted by atomic mass is 10.1. The molecule has 0 aliphatic heterocycles. The number of hydrogen-bond donors (Lipinski definition) is 1. The highest BCUT2D eigenvalue weighted by molar-refractivity contribution is 7.92. The first kappa shape index (κ1) is 19.3. The summed E-state index contributed by atoms with van der Waals surface area (Å²) in [4.78, 5) is 12.2. The van der Waals surface area contributed by atoms with Crippen LogP contribution in [-0.2, 0) is 21.2 Å². The van der Waals surface area contributed by atoms with Crippen LogP contribution in [0.1, 0.15) is 11.1 Å². The third-order valence-corrected chi connectivity index (χ3v) is 5.02. The highest BCUT2D eigenvalue weighted by Crippen LogP contribution is 2.18. The molecule has 2 rings (SSSR count). The quantitative estimate of drug-likeness (QED) is 0.803. The standard InChI is InChI=1S/C18H21ClN2O3S/c1-14-4-3-5-17(12-14)21(25(2,23)24)13-18(22)20-11-10-15-6-8-16(19)9-7-15/h3-9,12H,10-11,13H2,1-2H3,(H,20,22). The molecular formula is C18H21ClN2O3S. The van der Waals surface area contributed by atoms with E-state index in [9.17, 15) is 13.2 Å². The lowest BCUT2D eigenvalue weighted by molar-refractivity contribution is -0.119. The van der Waals surface area contributed by atoms with Gasteiger partial charge in [-0.05, 0) is 48.7 Å². The van der Waals surface area contributed by atoms with Crippen molar-refractivity contribution in [2.45, 2.75) is 13.3 Å². The zero-order valence-electron chi connectivity index (χ0n) is 14.2. The SMILES string of the molecule is Cc1cccc(N(CC(=O)NCCc2ccc(Cl)cc2)S(C)(=O)=O)c1. The molecule has 0 saturated heterocycles. The van der Waals surface area contributed by atoms with E-state index in [1.54, 1.807) is 30.3 Å². The number of nitrogens with one attached hydrogen (secondary N) is 1. The van der Waals surface area contributed by atoms with Crippen molar-refractivity contribution in [3.8, 4) is 0 Å². The molecule has 0 atom stereocenters. The molecule has 1 amide bonds. The Kier molecular flexibility index (Phi) is 6.45. The number of carbonyl (C=O) groups is 1. The van der Waals surface area contributed by atoms with E-state index < -0.39 is 10.0 Å². The van der Waals surface area contributed by atoms with Crippen molar-refractivity contribution >= 4 is 33.2 Å². The van der Waals surface area contributed by atoms with Crippen molar-refractivity contribution in [3.63, 3.8) is 0 Å². The number of benzene rings is 2. The van der Waals surface area contributed by atoms with Gasteiger partial charge in [0.25, 0.3) is 0 Å². The Hall–Kier alpha value is -2.05. The van der Waals surface area contributed by atoms with Gasteiger partial charge in [-0.1, -0.05) is 35.9 Å². The van der Waals surface area contributed by atoms with Crippen LogP contribution in [0.3, 0.4) is 0 Å². The summed E-state index contributed by atoms with van der Waals surface area (Å²) in [6.45, 7) is 2.05. The maximum Gasteiger partial charge on any atom is 0.240 e. The lowest BCUT2D eigenvalue weighted by Crippen LogP contribution is -2.41. The molecule has 0 aliphatic carbocycles. The van der Waals surface area contributed by atoms with Crippen molar-refractivity contribution in [1.29, 1.82) is 0 Å². The topological polar surface area (TPSA) is 66.5 Å². The first-order valence-electron chi connectivity index (χ1n) is 7.81. The second-order valence-corrected chi connectivity index (χ2v) is 8.18. The van der Waals surface area contributed by atoms with Gasteiger partial charge in [-0.2, -0.15) is 0 Å². The minimum absolute atomic E-state index is 0.247. The van der Waals surface area contributed by atoms with Gasteiger partial charge in [0.1, 0.15) is 6.54 Å². The largest absolute Gasteiger partial charge is 0.354 e. The third kappa shape index (κ3) is 6.07. The maximum atomic E-state index is 12.2. The Morgan fingerprint density at radius 3 is 2.44 bits per heavy atom. The van der Waals surface area contributed by atoms with Gasteiger partial charge >= 0.3 is 0 Å². The fourth-order valence-electron chi connectivity index (χ4n) is 2.37. The lowest BCUT2D eigenvalue weighted by Gasteiger charge is -2.22. The summed E-state index contributed by atoms with van der Waals surface area (Å²) >= 11 is 5.83. The summed E-state index contributed by atoms with van der Waals surface area (Å²) < 4.78 is 25.2. The van der Waals surface area contributed by atoms with Crippen LogP contribution in [0.15, 0.2) is 48.5 Å². The van der Waals surface area contributed by atoms with E-state index in [0.29, 0.717) is 23.7 Å². The van der Waals surface area contributed by atoms with Crippen molar-refractivity contribution in [1.82, 2.24) is 5.32 Å². The normalized spacial score (nSPS) is 11.2. The van der Waals surface area contributed by atoms with Crippen molar-refractivity contribution in [2.75, 3.05) is 23.7 Å². The number of aryl methyl sites for hydroxylation is 1. The molecule has 2 aromatic rings. The molecular weight excluding hydrogens is 360 g/mol. The van der Waals surface area contributed by atoms with Crippen LogP contribution >= 0.6 is 11.6 Å². The minimum Gasteiger partial charge on any atom is -0.354 e. The molecule has 0 heterocycles. The number of sulfonamides is 1. The molecule has 0 bridgehead atoms. The fourth-order valence-corrected chi connectivity index (χ4v) is 3.34. The number of nitrogens with zero attached hydrogens (tertiary/aromatic N) is 1. The molecule has 0 aliphatic rings. The summed E-state index contributed by atoms with van der Waals surface area (Å²) in [6.07, 6.45) is 1.74. The van der Waals surface area contributed by atoms with E-state index in [4.69, 9.17) is 11.6 Å². The molecule has 7 heteroatoms. The number of amides is 1. The number of halogens is 1. The molecule has 25 heavy (non-hydrogen) atoms. The molecule has 0 fully saturated rings. The third-order valence-electron chi connectivity index (χ3n) is 3.63. The molecule has 0 radical (unpaired) electrons. The highest BCUT2D eigenvalue weighted by Gasteiger charge is 2.20. The monoisotopic (exact) mass is 380 g/mol. The molecule has 134 valence electrons. The van der Waals surface area contributed by atoms with Gasteiger partial charge in [-0.3, -0.25) is 9.10 Å². The van der Waals surface area contributed by atoms with Gasteiger partial charge in [0.2, 0.25) is 15.9 Å². The number of carbonyl (C=O) groups excluding carboxylic acids is 1. The van der Waals surface area contributed by atoms with Gasteiger partial charge in [0, 0.05) is 11.6 Å². The van der Waals surface area contributed by atoms with E-state index in [1.165, 1.54) is 0 Å². The summed E-state index contributed by atoms with van der Waals surface area (Å²) in [6, 6.07) is 14.4. The fraction of sp³-hybridized carbons (Fsp3) is 0.278. The average Bonchev–Trinajstić information content (AvgIpc) is 2.53. The van der Waals surface area contributed by atoms with Crippen molar-refractivity contribution in [3.05, 3.63) is 64.7 Å². The Morgan fingerprint density at radius 2 is 1.84 bits per heavy atom. The van der Waals surface area contributed by atoms with E-state index in [-0.39, 0.29) is 12.5 Å². The van der Waals surface area contributed by atoms with Gasteiger partial charge in [-0.15, -0.1) is 0 Å². The van der Waals surface area contributed by atoms with Crippen molar-refractivity contribution in [2.24, 2.45) is 0 Å². The van der Waals surface area contributed by atoms with Crippen LogP contribution in [0, 0.1) is 6.92 Å². The van der Waals surface area contributed by atoms with Gasteiger partial charge < -0.3 is 5.32 Å². The highest BCUT2D eigenvalue weighted by atomic mass is 35.5. The van der Waals surface area contributed by atoms with Crippen LogP contribution in [0.4, 0.5) is 5.69 Å². The first-order chi connectivity index (χ1) is 11.8. The minimum atomic E-state index is -3.55. The summed E-state index contributed by atoms with van der Waals surface area (Å²) in [5, 5.41) is 3.42.